The Balaban J connectivity index is 1.62. The normalized spacial score (nSPS) is 18.8. The van der Waals surface area contributed by atoms with Gasteiger partial charge in [-0.15, -0.1) is 0 Å². The lowest BCUT2D eigenvalue weighted by Gasteiger charge is -2.27. The van der Waals surface area contributed by atoms with Gasteiger partial charge in [-0.05, 0) is 61.6 Å². The number of halogens is 3. The zero-order valence-corrected chi connectivity index (χ0v) is 16.8. The van der Waals surface area contributed by atoms with Crippen LogP contribution in [-0.4, -0.2) is 26.2 Å². The number of rotatable bonds is 6. The number of hydrogen-bond acceptors (Lipinski definition) is 4. The second-order valence-corrected chi connectivity index (χ2v) is 7.84. The molecule has 2 aromatic rings. The first kappa shape index (κ1) is 22.6. The number of alkyl halides is 2. The summed E-state index contributed by atoms with van der Waals surface area (Å²) < 4.78 is 42.4. The predicted octanol–water partition coefficient (Wildman–Crippen LogP) is 4.68. The minimum atomic E-state index is -3.27. The number of carbonyl (C=O) groups is 1. The first-order chi connectivity index (χ1) is 14.7. The van der Waals surface area contributed by atoms with Crippen LogP contribution in [0.5, 0.6) is 6.01 Å². The first-order valence-electron chi connectivity index (χ1n) is 10.2. The van der Waals surface area contributed by atoms with Gasteiger partial charge in [0.2, 0.25) is 0 Å². The van der Waals surface area contributed by atoms with Crippen molar-refractivity contribution in [2.75, 3.05) is 0 Å². The van der Waals surface area contributed by atoms with Crippen LogP contribution >= 0.6 is 0 Å². The Bertz CT molecular complexity index is 976. The van der Waals surface area contributed by atoms with E-state index in [1.165, 1.54) is 12.1 Å². The zero-order chi connectivity index (χ0) is 22.4. The molecule has 0 atom stereocenters. The Labute approximate surface area is 178 Å². The molecule has 0 bridgehead atoms. The van der Waals surface area contributed by atoms with Gasteiger partial charge in [0.05, 0.1) is 5.92 Å². The largest absolute Gasteiger partial charge is 0.481 e. The van der Waals surface area contributed by atoms with Gasteiger partial charge < -0.3 is 10.2 Å². The number of carboxylic acid groups (broad SMARTS) is 1. The first-order valence-corrected chi connectivity index (χ1v) is 10.2. The van der Waals surface area contributed by atoms with Crippen LogP contribution in [0.15, 0.2) is 30.3 Å². The van der Waals surface area contributed by atoms with Crippen LogP contribution in [0.1, 0.15) is 55.5 Å². The summed E-state index contributed by atoms with van der Waals surface area (Å²) in [5, 5.41) is 18.7. The van der Waals surface area contributed by atoms with E-state index < -0.39 is 30.0 Å². The average molecular weight is 432 g/mol. The van der Waals surface area contributed by atoms with E-state index in [0.717, 1.165) is 11.6 Å². The number of carboxylic acids is 1. The van der Waals surface area contributed by atoms with E-state index in [1.54, 1.807) is 12.1 Å². The summed E-state index contributed by atoms with van der Waals surface area (Å²) >= 11 is 0. The maximum absolute atomic E-state index is 14.7. The molecule has 0 spiro atoms. The highest BCUT2D eigenvalue weighted by molar-refractivity contribution is 5.69. The minimum Gasteiger partial charge on any atom is -0.481 e. The number of aromatic nitrogens is 2. The third-order valence-electron chi connectivity index (χ3n) is 5.57. The lowest BCUT2D eigenvalue weighted by molar-refractivity contribution is -0.143. The van der Waals surface area contributed by atoms with E-state index in [-0.39, 0.29) is 36.2 Å². The molecular weight excluding hydrogens is 409 g/mol. The van der Waals surface area contributed by atoms with Crippen molar-refractivity contribution in [3.8, 4) is 17.9 Å². The number of benzene rings is 1. The van der Waals surface area contributed by atoms with Gasteiger partial charge in [-0.3, -0.25) is 4.79 Å². The highest BCUT2D eigenvalue weighted by Crippen LogP contribution is 2.38. The van der Waals surface area contributed by atoms with Crippen LogP contribution in [0.25, 0.3) is 0 Å². The fraction of sp³-hybridized carbons (Fsp3) is 0.435. The summed E-state index contributed by atoms with van der Waals surface area (Å²) in [5.74, 6) is 0.623. The van der Waals surface area contributed by atoms with E-state index in [2.05, 4.69) is 21.8 Å². The summed E-state index contributed by atoms with van der Waals surface area (Å²) in [5.41, 5.74) is 0.145. The predicted molar refractivity (Wildman–Crippen MR) is 107 cm³/mol. The lowest BCUT2D eigenvalue weighted by Crippen LogP contribution is -2.23. The van der Waals surface area contributed by atoms with Gasteiger partial charge >= 0.3 is 12.0 Å². The van der Waals surface area contributed by atoms with Crippen LogP contribution < -0.4 is 0 Å². The SMILES string of the molecule is O=C(O)C1CCC(CCC(F)(F)c2cc(C#CCc3ccc(F)cc3)nc(O)n2)CC1. The Morgan fingerprint density at radius 2 is 1.81 bits per heavy atom. The molecule has 5 nitrogen and oxygen atoms in total. The molecule has 1 aromatic heterocycles. The zero-order valence-electron chi connectivity index (χ0n) is 16.8. The maximum Gasteiger partial charge on any atom is 0.315 e. The number of aromatic hydroxyl groups is 1. The quantitative estimate of drug-likeness (QED) is 0.648. The van der Waals surface area contributed by atoms with Crippen molar-refractivity contribution in [2.45, 2.75) is 50.9 Å². The van der Waals surface area contributed by atoms with Crippen molar-refractivity contribution in [3.05, 3.63) is 53.1 Å². The van der Waals surface area contributed by atoms with Crippen molar-refractivity contribution >= 4 is 5.97 Å². The lowest BCUT2D eigenvalue weighted by atomic mass is 9.79. The standard InChI is InChI=1S/C23H23F3N2O3/c24-18-10-6-15(7-11-18)2-1-3-19-14-20(28-22(31)27-19)23(25,26)13-12-16-4-8-17(9-5-16)21(29)30/h6-7,10-11,14,16-17H,2,4-5,8-9,12-13H2,(H,29,30)(H,27,28,31). The molecule has 0 saturated heterocycles. The smallest absolute Gasteiger partial charge is 0.315 e. The van der Waals surface area contributed by atoms with Gasteiger partial charge in [-0.2, -0.15) is 18.7 Å². The molecule has 1 aliphatic carbocycles. The summed E-state index contributed by atoms with van der Waals surface area (Å²) in [6, 6.07) is 6.06. The third kappa shape index (κ3) is 6.45. The molecule has 31 heavy (non-hydrogen) atoms. The third-order valence-corrected chi connectivity index (χ3v) is 5.57. The minimum absolute atomic E-state index is 0.0220. The van der Waals surface area contributed by atoms with Crippen molar-refractivity contribution in [1.29, 1.82) is 0 Å². The molecular formula is C23H23F3N2O3. The highest BCUT2D eigenvalue weighted by atomic mass is 19.3. The molecule has 164 valence electrons. The Morgan fingerprint density at radius 3 is 2.45 bits per heavy atom. The number of hydrogen-bond donors (Lipinski definition) is 2. The van der Waals surface area contributed by atoms with Crippen LogP contribution in [0.2, 0.25) is 0 Å². The summed E-state index contributed by atoms with van der Waals surface area (Å²) in [6.07, 6.45) is 2.31. The van der Waals surface area contributed by atoms with Crippen molar-refractivity contribution < 1.29 is 28.2 Å². The summed E-state index contributed by atoms with van der Waals surface area (Å²) in [7, 11) is 0. The van der Waals surface area contributed by atoms with E-state index in [9.17, 15) is 23.1 Å². The second-order valence-electron chi connectivity index (χ2n) is 7.84. The second kappa shape index (κ2) is 9.82. The monoisotopic (exact) mass is 432 g/mol. The van der Waals surface area contributed by atoms with Crippen LogP contribution in [-0.2, 0) is 17.1 Å². The molecule has 1 aliphatic rings. The van der Waals surface area contributed by atoms with Gasteiger partial charge in [0, 0.05) is 18.9 Å². The van der Waals surface area contributed by atoms with E-state index in [1.807, 2.05) is 0 Å². The van der Waals surface area contributed by atoms with Gasteiger partial charge in [0.15, 0.2) is 0 Å². The molecule has 0 radical (unpaired) electrons. The fourth-order valence-corrected chi connectivity index (χ4v) is 3.74. The van der Waals surface area contributed by atoms with Gasteiger partial charge in [-0.25, -0.2) is 4.39 Å². The van der Waals surface area contributed by atoms with Crippen molar-refractivity contribution in [3.63, 3.8) is 0 Å². The van der Waals surface area contributed by atoms with Crippen molar-refractivity contribution in [2.24, 2.45) is 11.8 Å². The van der Waals surface area contributed by atoms with Gasteiger partial charge in [0.25, 0.3) is 5.92 Å². The summed E-state index contributed by atoms with van der Waals surface area (Å²) in [6.45, 7) is 0. The van der Waals surface area contributed by atoms with E-state index >= 15 is 0 Å². The molecule has 1 heterocycles. The average Bonchev–Trinajstić information content (AvgIpc) is 2.74. The molecule has 0 aliphatic heterocycles. The molecule has 1 saturated carbocycles. The Morgan fingerprint density at radius 1 is 1.13 bits per heavy atom. The van der Waals surface area contributed by atoms with Crippen molar-refractivity contribution in [1.82, 2.24) is 9.97 Å². The summed E-state index contributed by atoms with van der Waals surface area (Å²) in [4.78, 5) is 18.2. The number of nitrogens with zero attached hydrogens (tertiary/aromatic N) is 2. The molecule has 3 rings (SSSR count). The van der Waals surface area contributed by atoms with Gasteiger partial charge in [0.1, 0.15) is 17.2 Å². The van der Waals surface area contributed by atoms with Crippen LogP contribution in [0.3, 0.4) is 0 Å². The topological polar surface area (TPSA) is 83.3 Å². The van der Waals surface area contributed by atoms with E-state index in [4.69, 9.17) is 5.11 Å². The molecule has 1 fully saturated rings. The fourth-order valence-electron chi connectivity index (χ4n) is 3.74. The highest BCUT2D eigenvalue weighted by Gasteiger charge is 2.36. The maximum atomic E-state index is 14.7. The molecule has 2 N–H and O–H groups in total. The van der Waals surface area contributed by atoms with Gasteiger partial charge in [-0.1, -0.05) is 18.1 Å². The molecule has 8 heteroatoms. The Hall–Kier alpha value is -3.08. The molecule has 0 amide bonds. The van der Waals surface area contributed by atoms with E-state index in [0.29, 0.717) is 25.7 Å². The van der Waals surface area contributed by atoms with Crippen LogP contribution in [0, 0.1) is 29.5 Å². The van der Waals surface area contributed by atoms with Crippen LogP contribution in [0.4, 0.5) is 13.2 Å². The Kier molecular flexibility index (Phi) is 7.16. The molecule has 1 aromatic carbocycles. The number of aliphatic carboxylic acids is 1. The molecule has 0 unspecified atom stereocenters.